The van der Waals surface area contributed by atoms with Gasteiger partial charge in [0.2, 0.25) is 0 Å². The average Bonchev–Trinajstić information content (AvgIpc) is 1.76. The first kappa shape index (κ1) is 49.7. The highest BCUT2D eigenvalue weighted by molar-refractivity contribution is 7.37. The Bertz CT molecular complexity index is 81.5. The van der Waals surface area contributed by atoms with E-state index in [4.69, 9.17) is 40.2 Å². The lowest BCUT2D eigenvalue weighted by molar-refractivity contribution is -0.368. The lowest BCUT2D eigenvalue weighted by Crippen LogP contribution is -2.39. The molecule has 0 aliphatic rings. The summed E-state index contributed by atoms with van der Waals surface area (Å²) >= 11 is 0. The Morgan fingerprint density at radius 1 is 0.350 bits per heavy atom. The van der Waals surface area contributed by atoms with Gasteiger partial charge in [-0.2, -0.15) is 0 Å². The van der Waals surface area contributed by atoms with Crippen molar-refractivity contribution in [2.24, 2.45) is 0 Å². The Balaban J connectivity index is -0.0000000150. The second-order valence-corrected chi connectivity index (χ2v) is 1.10. The van der Waals surface area contributed by atoms with Crippen molar-refractivity contribution in [3.05, 3.63) is 0 Å². The van der Waals surface area contributed by atoms with Crippen molar-refractivity contribution in [1.29, 1.82) is 0 Å². The molecule has 0 fully saturated rings. The highest BCUT2D eigenvalue weighted by Gasteiger charge is 2.00. The number of rotatable bonds is 0. The van der Waals surface area contributed by atoms with Crippen LogP contribution < -0.4 is 40.2 Å². The zero-order chi connectivity index (χ0) is 14.3. The fraction of sp³-hybridized carbons (Fsp3) is 0. The summed E-state index contributed by atoms with van der Waals surface area (Å²) in [6.45, 7) is 0. The first-order chi connectivity index (χ1) is 6.93. The summed E-state index contributed by atoms with van der Waals surface area (Å²) in [6.07, 6.45) is 0. The summed E-state index contributed by atoms with van der Waals surface area (Å²) in [5.74, 6) is 0. The van der Waals surface area contributed by atoms with Crippen molar-refractivity contribution in [2.45, 2.75) is 0 Å². The number of hydrogen-bond donors (Lipinski definition) is 0. The van der Waals surface area contributed by atoms with E-state index in [1.165, 1.54) is 0 Å². The molecule has 0 aromatic carbocycles. The van der Waals surface area contributed by atoms with Crippen LogP contribution in [0, 0.1) is 0 Å². The van der Waals surface area contributed by atoms with Crippen LogP contribution in [-0.4, -0.2) is 29.6 Å². The highest BCUT2D eigenvalue weighted by atomic mass is 32.1. The summed E-state index contributed by atoms with van der Waals surface area (Å²) in [4.78, 5) is 0. The Morgan fingerprint density at radius 3 is 0.350 bits per heavy atom. The van der Waals surface area contributed by atoms with Crippen molar-refractivity contribution in [1.82, 2.24) is 0 Å². The minimum Gasteiger partial charge on any atom is -0.867 e. The van der Waals surface area contributed by atoms with Gasteiger partial charge in [0.05, 0.1) is 0 Å². The van der Waals surface area contributed by atoms with Crippen LogP contribution in [0.15, 0.2) is 0 Å². The summed E-state index contributed by atoms with van der Waals surface area (Å²) < 4.78 is 39.6. The van der Waals surface area contributed by atoms with Gasteiger partial charge in [-0.3, -0.25) is 0 Å². The first-order valence-corrected chi connectivity index (χ1v) is 2.76. The summed E-state index contributed by atoms with van der Waals surface area (Å²) in [6, 6.07) is 0. The Morgan fingerprint density at radius 2 is 0.350 bits per heavy atom. The zero-order valence-electron chi connectivity index (χ0n) is 8.72. The second-order valence-electron chi connectivity index (χ2n) is 1.10. The van der Waals surface area contributed by atoms with Crippen molar-refractivity contribution in [3.63, 3.8) is 0 Å². The van der Waals surface area contributed by atoms with Crippen molar-refractivity contribution < 1.29 is 57.5 Å². The van der Waals surface area contributed by atoms with Crippen molar-refractivity contribution in [2.75, 3.05) is 0 Å². The van der Waals surface area contributed by atoms with Crippen LogP contribution in [0.1, 0.15) is 0 Å². The molecule has 20 heavy (non-hydrogen) atoms. The van der Waals surface area contributed by atoms with E-state index in [1.54, 1.807) is 0 Å². The van der Waals surface area contributed by atoms with Crippen LogP contribution in [0.2, 0.25) is 0 Å². The molecule has 0 atom stereocenters. The molecule has 0 spiro atoms. The molecule has 0 aromatic heterocycles. The lowest BCUT2D eigenvalue weighted by Gasteiger charge is -2.09. The van der Waals surface area contributed by atoms with E-state index in [0.29, 0.717) is 0 Å². The average molecular weight is 376 g/mol. The highest BCUT2D eigenvalue weighted by Crippen LogP contribution is 1.42. The van der Waals surface area contributed by atoms with E-state index in [-0.39, 0.29) is 54.0 Å². The molecule has 0 saturated carbocycles. The standard InChI is InChI=1S/4BFO2.4S/c4*2-1(3)4;;;;/q4*-2;4*+2. The molecule has 8 nitrogen and oxygen atoms in total. The van der Waals surface area contributed by atoms with Crippen molar-refractivity contribution >= 4 is 83.6 Å². The van der Waals surface area contributed by atoms with Crippen molar-refractivity contribution in [3.8, 4) is 0 Å². The van der Waals surface area contributed by atoms with Gasteiger partial charge in [0.25, 0.3) is 0 Å². The predicted octanol–water partition coefficient (Wildman–Crippen LogP) is -9.36. The quantitative estimate of drug-likeness (QED) is 0.295. The normalized spacial score (nSPS) is 5.40. The minimum absolute atomic E-state index is 0. The van der Waals surface area contributed by atoms with E-state index in [2.05, 4.69) is 0 Å². The van der Waals surface area contributed by atoms with Crippen LogP contribution in [0.4, 0.5) is 17.3 Å². The molecule has 0 unspecified atom stereocenters. The van der Waals surface area contributed by atoms with Gasteiger partial charge in [-0.15, -0.1) is 0 Å². The topological polar surface area (TPSA) is 184 Å². The largest absolute Gasteiger partial charge is 2.00 e. The summed E-state index contributed by atoms with van der Waals surface area (Å²) in [5, 5.41) is 66.4. The molecule has 0 heterocycles. The van der Waals surface area contributed by atoms with Gasteiger partial charge in [0.15, 0.2) is 0 Å². The molecule has 0 aliphatic heterocycles. The number of hydrogen-bond acceptors (Lipinski definition) is 8. The molecule has 0 aromatic rings. The van der Waals surface area contributed by atoms with Crippen LogP contribution in [-0.2, 0) is 54.0 Å². The maximum Gasteiger partial charge on any atom is 2.00 e. The third-order valence-electron chi connectivity index (χ3n) is 0. The predicted molar refractivity (Wildman–Crippen MR) is 56.9 cm³/mol. The fourth-order valence-corrected chi connectivity index (χ4v) is 0. The van der Waals surface area contributed by atoms with Crippen LogP contribution in [0.3, 0.4) is 0 Å². The fourth-order valence-electron chi connectivity index (χ4n) is 0. The van der Waals surface area contributed by atoms with Crippen LogP contribution in [0.25, 0.3) is 0 Å². The molecular weight excluding hydrogens is 376 g/mol. The van der Waals surface area contributed by atoms with E-state index < -0.39 is 29.6 Å². The van der Waals surface area contributed by atoms with Gasteiger partial charge in [-0.05, 0) is 0 Å². The van der Waals surface area contributed by atoms with Crippen LogP contribution in [0.5, 0.6) is 0 Å². The molecule has 0 aliphatic carbocycles. The molecule has 16 radical (unpaired) electrons. The molecule has 0 N–H and O–H groups in total. The van der Waals surface area contributed by atoms with Gasteiger partial charge in [-0.1, -0.05) is 0 Å². The van der Waals surface area contributed by atoms with Gasteiger partial charge in [-0.25, -0.2) is 0 Å². The van der Waals surface area contributed by atoms with E-state index in [9.17, 15) is 17.3 Å². The van der Waals surface area contributed by atoms with E-state index in [0.717, 1.165) is 0 Å². The zero-order valence-corrected chi connectivity index (χ0v) is 12.0. The Kier molecular flexibility index (Phi) is 106. The summed E-state index contributed by atoms with van der Waals surface area (Å²) in [7, 11) is -12.7. The first-order valence-electron chi connectivity index (χ1n) is 2.76. The SMILES string of the molecule is [O-]B([O-])F.[O-]B([O-])F.[O-]B([O-])F.[O-]B([O-])F.[S+2].[S+2].[S+2].[S+2]. The third kappa shape index (κ3) is 5540. The molecule has 0 saturated heterocycles. The minimum atomic E-state index is -3.17. The molecule has 0 bridgehead atoms. The van der Waals surface area contributed by atoms with Gasteiger partial charge >= 0.3 is 54.0 Å². The smallest absolute Gasteiger partial charge is 0.867 e. The summed E-state index contributed by atoms with van der Waals surface area (Å²) in [5.41, 5.74) is 0. The lowest BCUT2D eigenvalue weighted by atomic mass is 10.3. The van der Waals surface area contributed by atoms with Gasteiger partial charge in [0.1, 0.15) is 29.6 Å². The van der Waals surface area contributed by atoms with Gasteiger partial charge in [0, 0.05) is 0 Å². The van der Waals surface area contributed by atoms with Crippen LogP contribution >= 0.6 is 0 Å². The molecule has 20 heteroatoms. The Labute approximate surface area is 141 Å². The molecule has 0 amide bonds. The molecule has 0 rings (SSSR count). The molecular formula is B4F4O8S4. The number of halogens is 4. The van der Waals surface area contributed by atoms with E-state index in [1.807, 2.05) is 0 Å². The maximum atomic E-state index is 9.89. The second kappa shape index (κ2) is 42.7. The maximum absolute atomic E-state index is 9.89. The third-order valence-corrected chi connectivity index (χ3v) is 0. The van der Waals surface area contributed by atoms with E-state index >= 15 is 0 Å². The Hall–Kier alpha value is 1.06. The monoisotopic (exact) mass is 376 g/mol. The molecule has 112 valence electrons. The van der Waals surface area contributed by atoms with Gasteiger partial charge < -0.3 is 57.5 Å².